The van der Waals surface area contributed by atoms with Crippen LogP contribution >= 0.6 is 11.8 Å². The van der Waals surface area contributed by atoms with E-state index in [1.807, 2.05) is 6.92 Å². The maximum absolute atomic E-state index is 8.75. The van der Waals surface area contributed by atoms with E-state index in [-0.39, 0.29) is 0 Å². The number of unbranched alkanes of at least 4 members (excludes halogenated alkanes) is 2. The van der Waals surface area contributed by atoms with Crippen LogP contribution in [0.15, 0.2) is 0 Å². The van der Waals surface area contributed by atoms with Gasteiger partial charge in [0.25, 0.3) is 0 Å². The Morgan fingerprint density at radius 2 is 2.00 bits per heavy atom. The first-order chi connectivity index (χ1) is 11.7. The van der Waals surface area contributed by atoms with Gasteiger partial charge >= 0.3 is 6.01 Å². The summed E-state index contributed by atoms with van der Waals surface area (Å²) in [5.74, 6) is 2.65. The lowest BCUT2D eigenvalue weighted by atomic mass is 10.1. The van der Waals surface area contributed by atoms with Gasteiger partial charge in [-0.1, -0.05) is 20.3 Å². The molecule has 0 amide bonds. The molecule has 24 heavy (non-hydrogen) atoms. The minimum atomic E-state index is 0.461. The number of ether oxygens (including phenoxy) is 1. The third kappa shape index (κ3) is 6.56. The average Bonchev–Trinajstić information content (AvgIpc) is 2.58. The van der Waals surface area contributed by atoms with Gasteiger partial charge < -0.3 is 9.64 Å². The highest BCUT2D eigenvalue weighted by molar-refractivity contribution is 7.99. The predicted molar refractivity (Wildman–Crippen MR) is 102 cm³/mol. The molecular weight excluding hydrogens is 320 g/mol. The molecule has 5 nitrogen and oxygen atoms in total. The van der Waals surface area contributed by atoms with Crippen molar-refractivity contribution in [2.45, 2.75) is 59.8 Å². The van der Waals surface area contributed by atoms with Crippen molar-refractivity contribution >= 4 is 17.6 Å². The van der Waals surface area contributed by atoms with Crippen LogP contribution in [0.25, 0.3) is 0 Å². The molecule has 134 valence electrons. The lowest BCUT2D eigenvalue weighted by Crippen LogP contribution is -2.27. The van der Waals surface area contributed by atoms with Crippen LogP contribution in [-0.4, -0.2) is 34.7 Å². The fraction of sp³-hybridized carbons (Fsp3) is 0.722. The van der Waals surface area contributed by atoms with Crippen LogP contribution in [-0.2, 0) is 6.42 Å². The monoisotopic (exact) mass is 350 g/mol. The number of aromatic nitrogens is 2. The Labute approximate surface area is 150 Å². The molecule has 0 fully saturated rings. The number of hydrogen-bond acceptors (Lipinski definition) is 6. The molecule has 6 heteroatoms. The number of rotatable bonds is 12. The number of nitrogens with zero attached hydrogens (tertiary/aromatic N) is 4. The van der Waals surface area contributed by atoms with Crippen LogP contribution in [0.4, 0.5) is 5.82 Å². The summed E-state index contributed by atoms with van der Waals surface area (Å²) >= 11 is 1.77. The quantitative estimate of drug-likeness (QED) is 0.412. The average molecular weight is 351 g/mol. The molecule has 0 N–H and O–H groups in total. The van der Waals surface area contributed by atoms with Crippen molar-refractivity contribution in [1.29, 1.82) is 5.26 Å². The van der Waals surface area contributed by atoms with E-state index in [0.29, 0.717) is 18.4 Å². The first-order valence-electron chi connectivity index (χ1n) is 8.87. The highest BCUT2D eigenvalue weighted by atomic mass is 32.2. The van der Waals surface area contributed by atoms with Crippen molar-refractivity contribution in [2.75, 3.05) is 29.7 Å². The second-order valence-electron chi connectivity index (χ2n) is 5.61. The maximum Gasteiger partial charge on any atom is 0.319 e. The molecule has 0 bridgehead atoms. The standard InChI is InChI=1S/C18H30N4OS/c1-5-8-13-24-14-23-18-20-15(4)16(6-2)17(21-18)22(7-3)12-10-9-11-19/h5-10,12-14H2,1-4H3. The number of anilines is 1. The van der Waals surface area contributed by atoms with E-state index >= 15 is 0 Å². The van der Waals surface area contributed by atoms with Crippen molar-refractivity contribution in [1.82, 2.24) is 9.97 Å². The summed E-state index contributed by atoms with van der Waals surface area (Å²) in [4.78, 5) is 11.4. The van der Waals surface area contributed by atoms with Crippen molar-refractivity contribution in [3.63, 3.8) is 0 Å². The molecule has 0 saturated carbocycles. The van der Waals surface area contributed by atoms with E-state index in [2.05, 4.69) is 41.7 Å². The highest BCUT2D eigenvalue weighted by Crippen LogP contribution is 2.24. The molecule has 0 aliphatic carbocycles. The third-order valence-electron chi connectivity index (χ3n) is 3.84. The number of thioether (sulfide) groups is 1. The van der Waals surface area contributed by atoms with Gasteiger partial charge in [-0.05, 0) is 38.9 Å². The molecule has 1 aromatic heterocycles. The summed E-state index contributed by atoms with van der Waals surface area (Å²) in [6, 6.07) is 2.67. The van der Waals surface area contributed by atoms with Crippen LogP contribution in [0.2, 0.25) is 0 Å². The zero-order valence-electron chi connectivity index (χ0n) is 15.5. The van der Waals surface area contributed by atoms with E-state index in [1.165, 1.54) is 18.4 Å². The van der Waals surface area contributed by atoms with Crippen LogP contribution in [0.5, 0.6) is 6.01 Å². The molecule has 0 aliphatic heterocycles. The van der Waals surface area contributed by atoms with E-state index in [4.69, 9.17) is 10.00 Å². The molecule has 0 atom stereocenters. The van der Waals surface area contributed by atoms with Crippen LogP contribution in [0.3, 0.4) is 0 Å². The molecule has 0 aliphatic rings. The van der Waals surface area contributed by atoms with Crippen LogP contribution < -0.4 is 9.64 Å². The van der Waals surface area contributed by atoms with Crippen molar-refractivity contribution in [2.24, 2.45) is 0 Å². The van der Waals surface area contributed by atoms with Crippen molar-refractivity contribution in [3.05, 3.63) is 11.3 Å². The molecule has 1 aromatic rings. The minimum absolute atomic E-state index is 0.461. The summed E-state index contributed by atoms with van der Waals surface area (Å²) in [6.07, 6.45) is 4.71. The summed E-state index contributed by atoms with van der Waals surface area (Å²) in [6.45, 7) is 10.1. The van der Waals surface area contributed by atoms with Crippen molar-refractivity contribution in [3.8, 4) is 12.1 Å². The Bertz CT molecular complexity index is 530. The Morgan fingerprint density at radius 3 is 2.62 bits per heavy atom. The molecule has 0 unspecified atom stereocenters. The van der Waals surface area contributed by atoms with Gasteiger partial charge in [0.05, 0.1) is 6.07 Å². The number of nitriles is 1. The zero-order chi connectivity index (χ0) is 17.8. The summed E-state index contributed by atoms with van der Waals surface area (Å²) in [5.41, 5.74) is 2.15. The maximum atomic E-state index is 8.75. The first-order valence-corrected chi connectivity index (χ1v) is 10.0. The molecular formula is C18H30N4OS. The van der Waals surface area contributed by atoms with Gasteiger partial charge in [-0.3, -0.25) is 0 Å². The Hall–Kier alpha value is -1.48. The Kier molecular flexibility index (Phi) is 10.3. The van der Waals surface area contributed by atoms with Crippen molar-refractivity contribution < 1.29 is 4.74 Å². The summed E-state index contributed by atoms with van der Waals surface area (Å²) < 4.78 is 5.76. The first kappa shape index (κ1) is 20.6. The van der Waals surface area contributed by atoms with Gasteiger partial charge in [-0.25, -0.2) is 4.98 Å². The lowest BCUT2D eigenvalue weighted by Gasteiger charge is -2.25. The van der Waals surface area contributed by atoms with E-state index < -0.39 is 0 Å². The largest absolute Gasteiger partial charge is 0.452 e. The van der Waals surface area contributed by atoms with Gasteiger partial charge in [0, 0.05) is 30.8 Å². The smallest absolute Gasteiger partial charge is 0.319 e. The predicted octanol–water partition coefficient (Wildman–Crippen LogP) is 4.35. The molecule has 0 spiro atoms. The molecule has 0 radical (unpaired) electrons. The fourth-order valence-corrected chi connectivity index (χ4v) is 3.26. The second-order valence-corrected chi connectivity index (χ2v) is 6.66. The van der Waals surface area contributed by atoms with Gasteiger partial charge in [0.1, 0.15) is 11.8 Å². The van der Waals surface area contributed by atoms with E-state index in [0.717, 1.165) is 43.2 Å². The molecule has 0 saturated heterocycles. The molecule has 0 aromatic carbocycles. The van der Waals surface area contributed by atoms with Gasteiger partial charge in [-0.15, -0.1) is 11.8 Å². The van der Waals surface area contributed by atoms with Gasteiger partial charge in [0.2, 0.25) is 0 Å². The third-order valence-corrected chi connectivity index (χ3v) is 4.70. The van der Waals surface area contributed by atoms with Gasteiger partial charge in [-0.2, -0.15) is 10.2 Å². The number of aryl methyl sites for hydroxylation is 1. The number of hydrogen-bond donors (Lipinski definition) is 0. The highest BCUT2D eigenvalue weighted by Gasteiger charge is 2.16. The SMILES string of the molecule is CCCCSCOc1nc(C)c(CC)c(N(CC)CCCC#N)n1. The fourth-order valence-electron chi connectivity index (χ4n) is 2.46. The zero-order valence-corrected chi connectivity index (χ0v) is 16.3. The summed E-state index contributed by atoms with van der Waals surface area (Å²) in [5, 5.41) is 8.75. The summed E-state index contributed by atoms with van der Waals surface area (Å²) in [7, 11) is 0. The van der Waals surface area contributed by atoms with Crippen LogP contribution in [0, 0.1) is 18.3 Å². The lowest BCUT2D eigenvalue weighted by molar-refractivity contribution is 0.358. The second kappa shape index (κ2) is 12.0. The van der Waals surface area contributed by atoms with Crippen LogP contribution in [0.1, 0.15) is 57.7 Å². The Morgan fingerprint density at radius 1 is 1.21 bits per heavy atom. The Balaban J connectivity index is 2.85. The topological polar surface area (TPSA) is 62.0 Å². The molecule has 1 heterocycles. The normalized spacial score (nSPS) is 10.5. The van der Waals surface area contributed by atoms with Gasteiger partial charge in [0.15, 0.2) is 0 Å². The van der Waals surface area contributed by atoms with E-state index in [9.17, 15) is 0 Å². The molecule has 1 rings (SSSR count). The van der Waals surface area contributed by atoms with E-state index in [1.54, 1.807) is 11.8 Å². The minimum Gasteiger partial charge on any atom is -0.452 e.